The van der Waals surface area contributed by atoms with Gasteiger partial charge in [-0.05, 0) is 63.6 Å². The summed E-state index contributed by atoms with van der Waals surface area (Å²) >= 11 is 0. The average molecular weight is 392 g/mol. The molecule has 1 aromatic carbocycles. The van der Waals surface area contributed by atoms with Crippen molar-refractivity contribution in [1.82, 2.24) is 0 Å². The van der Waals surface area contributed by atoms with Crippen LogP contribution >= 0.6 is 0 Å². The van der Waals surface area contributed by atoms with Gasteiger partial charge < -0.3 is 19.5 Å². The van der Waals surface area contributed by atoms with Gasteiger partial charge in [-0.25, -0.2) is 4.79 Å². The minimum absolute atomic E-state index is 0.0849. The molecule has 1 N–H and O–H groups in total. The molecule has 2 atom stereocenters. The zero-order chi connectivity index (χ0) is 20.7. The van der Waals surface area contributed by atoms with E-state index in [0.29, 0.717) is 36.8 Å². The maximum atomic E-state index is 13.2. The first-order chi connectivity index (χ1) is 13.3. The van der Waals surface area contributed by atoms with Gasteiger partial charge in [0.15, 0.2) is 0 Å². The predicted molar refractivity (Wildman–Crippen MR) is 109 cm³/mol. The molecule has 156 valence electrons. The molecule has 1 amide bonds. The van der Waals surface area contributed by atoms with Crippen molar-refractivity contribution >= 4 is 17.6 Å². The lowest BCUT2D eigenvalue weighted by Gasteiger charge is -2.38. The largest absolute Gasteiger partial charge is 0.490 e. The quantitative estimate of drug-likeness (QED) is 0.657. The van der Waals surface area contributed by atoms with Crippen molar-refractivity contribution in [1.29, 1.82) is 0 Å². The highest BCUT2D eigenvalue weighted by Crippen LogP contribution is 2.36. The summed E-state index contributed by atoms with van der Waals surface area (Å²) in [5.41, 5.74) is 0.000368. The number of carbonyl (C=O) groups is 2. The van der Waals surface area contributed by atoms with Crippen molar-refractivity contribution in [2.75, 3.05) is 19.0 Å². The number of hydrogen-bond donors (Lipinski definition) is 1. The summed E-state index contributed by atoms with van der Waals surface area (Å²) < 4.78 is 16.6. The molecule has 0 radical (unpaired) electrons. The monoisotopic (exact) mass is 391 g/mol. The molecule has 0 aliphatic heterocycles. The van der Waals surface area contributed by atoms with Crippen molar-refractivity contribution in [2.45, 2.75) is 71.5 Å². The molecular formula is C22H33NO5. The summed E-state index contributed by atoms with van der Waals surface area (Å²) in [7, 11) is 1.32. The Labute approximate surface area is 167 Å². The van der Waals surface area contributed by atoms with Crippen LogP contribution in [0.15, 0.2) is 18.2 Å². The third-order valence-electron chi connectivity index (χ3n) is 4.96. The summed E-state index contributed by atoms with van der Waals surface area (Å²) in [6.45, 7) is 8.51. The first kappa shape index (κ1) is 22.2. The number of rotatable bonds is 8. The fraction of sp³-hybridized carbons (Fsp3) is 0.636. The topological polar surface area (TPSA) is 73.9 Å². The molecule has 0 bridgehead atoms. The van der Waals surface area contributed by atoms with Crippen molar-refractivity contribution in [3.05, 3.63) is 23.8 Å². The van der Waals surface area contributed by atoms with Crippen LogP contribution in [0, 0.1) is 5.92 Å². The molecule has 2 rings (SSSR count). The van der Waals surface area contributed by atoms with Gasteiger partial charge in [0.1, 0.15) is 16.9 Å². The van der Waals surface area contributed by atoms with Gasteiger partial charge in [0, 0.05) is 12.3 Å². The maximum absolute atomic E-state index is 13.2. The number of carbonyl (C=O) groups excluding carboxylic acids is 2. The van der Waals surface area contributed by atoms with E-state index < -0.39 is 11.6 Å². The standard InChI is InChI=1S/C22H33NO5/c1-6-12-27-22(11-7-8-16(4)14-22)21(25)23-17-9-10-19(28-15(2)3)18(13-17)20(24)26-5/h9-10,13,15-16H,6-8,11-12,14H2,1-5H3,(H,23,25)/t16-,22-/m0/s1. The van der Waals surface area contributed by atoms with E-state index in [9.17, 15) is 9.59 Å². The average Bonchev–Trinajstić information content (AvgIpc) is 2.66. The van der Waals surface area contributed by atoms with E-state index in [1.54, 1.807) is 18.2 Å². The number of anilines is 1. The van der Waals surface area contributed by atoms with Crippen LogP contribution in [-0.4, -0.2) is 37.3 Å². The Bertz CT molecular complexity index is 688. The molecule has 1 aromatic rings. The van der Waals surface area contributed by atoms with Gasteiger partial charge in [-0.2, -0.15) is 0 Å². The molecule has 1 aliphatic carbocycles. The highest BCUT2D eigenvalue weighted by Gasteiger charge is 2.42. The van der Waals surface area contributed by atoms with Gasteiger partial charge in [0.05, 0.1) is 13.2 Å². The van der Waals surface area contributed by atoms with Crippen LogP contribution in [0.1, 0.15) is 70.2 Å². The molecule has 1 saturated carbocycles. The number of ether oxygens (including phenoxy) is 3. The summed E-state index contributed by atoms with van der Waals surface area (Å²) in [5, 5.41) is 2.95. The number of nitrogens with one attached hydrogen (secondary N) is 1. The second kappa shape index (κ2) is 9.92. The van der Waals surface area contributed by atoms with Gasteiger partial charge in [-0.15, -0.1) is 0 Å². The normalized spacial score (nSPS) is 22.0. The Morgan fingerprint density at radius 1 is 1.32 bits per heavy atom. The number of methoxy groups -OCH3 is 1. The van der Waals surface area contributed by atoms with Crippen LogP contribution in [0.2, 0.25) is 0 Å². The molecule has 0 saturated heterocycles. The van der Waals surface area contributed by atoms with Crippen molar-refractivity contribution in [2.24, 2.45) is 5.92 Å². The molecule has 1 fully saturated rings. The second-order valence-corrected chi connectivity index (χ2v) is 7.87. The zero-order valence-electron chi connectivity index (χ0n) is 17.7. The lowest BCUT2D eigenvalue weighted by atomic mass is 9.78. The van der Waals surface area contributed by atoms with E-state index in [4.69, 9.17) is 14.2 Å². The third-order valence-corrected chi connectivity index (χ3v) is 4.96. The molecule has 1 aliphatic rings. The van der Waals surface area contributed by atoms with Crippen LogP contribution in [0.5, 0.6) is 5.75 Å². The Kier molecular flexibility index (Phi) is 7.87. The smallest absolute Gasteiger partial charge is 0.341 e. The van der Waals surface area contributed by atoms with Gasteiger partial charge in [-0.3, -0.25) is 4.79 Å². The summed E-state index contributed by atoms with van der Waals surface area (Å²) in [6, 6.07) is 5.02. The Morgan fingerprint density at radius 3 is 2.68 bits per heavy atom. The predicted octanol–water partition coefficient (Wildman–Crippen LogP) is 4.57. The van der Waals surface area contributed by atoms with E-state index in [1.165, 1.54) is 7.11 Å². The number of amides is 1. The first-order valence-corrected chi connectivity index (χ1v) is 10.2. The van der Waals surface area contributed by atoms with Gasteiger partial charge in [-0.1, -0.05) is 20.3 Å². The van der Waals surface area contributed by atoms with Crippen LogP contribution in [0.3, 0.4) is 0 Å². The molecular weight excluding hydrogens is 358 g/mol. The fourth-order valence-electron chi connectivity index (χ4n) is 3.68. The number of esters is 1. The fourth-order valence-corrected chi connectivity index (χ4v) is 3.68. The van der Waals surface area contributed by atoms with Crippen LogP contribution in [0.4, 0.5) is 5.69 Å². The molecule has 0 unspecified atom stereocenters. The highest BCUT2D eigenvalue weighted by molar-refractivity contribution is 5.99. The van der Waals surface area contributed by atoms with E-state index in [0.717, 1.165) is 19.3 Å². The summed E-state index contributed by atoms with van der Waals surface area (Å²) in [5.74, 6) is 0.211. The second-order valence-electron chi connectivity index (χ2n) is 7.87. The van der Waals surface area contributed by atoms with Gasteiger partial charge in [0.2, 0.25) is 0 Å². The SMILES string of the molecule is CCCO[C@@]1(C(=O)Nc2ccc(OC(C)C)c(C(=O)OC)c2)CCC[C@H](C)C1. The molecule has 0 spiro atoms. The molecule has 0 heterocycles. The maximum Gasteiger partial charge on any atom is 0.341 e. The molecule has 6 heteroatoms. The van der Waals surface area contributed by atoms with Gasteiger partial charge in [0.25, 0.3) is 5.91 Å². The van der Waals surface area contributed by atoms with Gasteiger partial charge >= 0.3 is 5.97 Å². The Hall–Kier alpha value is -2.08. The minimum Gasteiger partial charge on any atom is -0.490 e. The van der Waals surface area contributed by atoms with Crippen LogP contribution in [-0.2, 0) is 14.3 Å². The lowest BCUT2D eigenvalue weighted by Crippen LogP contribution is -2.48. The van der Waals surface area contributed by atoms with E-state index >= 15 is 0 Å². The number of hydrogen-bond acceptors (Lipinski definition) is 5. The third kappa shape index (κ3) is 5.47. The van der Waals surface area contributed by atoms with Crippen LogP contribution < -0.4 is 10.1 Å². The number of benzene rings is 1. The lowest BCUT2D eigenvalue weighted by molar-refractivity contribution is -0.148. The van der Waals surface area contributed by atoms with E-state index in [-0.39, 0.29) is 17.6 Å². The van der Waals surface area contributed by atoms with E-state index in [1.807, 2.05) is 20.8 Å². The van der Waals surface area contributed by atoms with Crippen LogP contribution in [0.25, 0.3) is 0 Å². The Morgan fingerprint density at radius 2 is 2.07 bits per heavy atom. The summed E-state index contributed by atoms with van der Waals surface area (Å²) in [4.78, 5) is 25.3. The summed E-state index contributed by atoms with van der Waals surface area (Å²) in [6.07, 6.45) is 4.26. The van der Waals surface area contributed by atoms with Crippen molar-refractivity contribution in [3.8, 4) is 5.75 Å². The minimum atomic E-state index is -0.813. The molecule has 28 heavy (non-hydrogen) atoms. The van der Waals surface area contributed by atoms with E-state index in [2.05, 4.69) is 12.2 Å². The highest BCUT2D eigenvalue weighted by atomic mass is 16.5. The van der Waals surface area contributed by atoms with Crippen molar-refractivity contribution in [3.63, 3.8) is 0 Å². The first-order valence-electron chi connectivity index (χ1n) is 10.2. The zero-order valence-corrected chi connectivity index (χ0v) is 17.7. The van der Waals surface area contributed by atoms with Crippen molar-refractivity contribution < 1.29 is 23.8 Å². The molecule has 0 aromatic heterocycles. The molecule has 6 nitrogen and oxygen atoms in total. The Balaban J connectivity index is 2.26.